The minimum absolute atomic E-state index is 0. The van der Waals surface area contributed by atoms with Crippen molar-refractivity contribution in [2.75, 3.05) is 0 Å². The van der Waals surface area contributed by atoms with Crippen LogP contribution in [0.15, 0.2) is 0 Å². The van der Waals surface area contributed by atoms with E-state index in [2.05, 4.69) is 0 Å². The van der Waals surface area contributed by atoms with Crippen LogP contribution in [-0.4, -0.2) is 60.8 Å². The first-order valence-corrected chi connectivity index (χ1v) is 0. The molecule has 4 radical (unpaired) electrons. The summed E-state index contributed by atoms with van der Waals surface area (Å²) in [5.74, 6) is 0. The van der Waals surface area contributed by atoms with Crippen LogP contribution in [-0.2, 0) is 36.5 Å². The Hall–Kier alpha value is 3.17. The van der Waals surface area contributed by atoms with Gasteiger partial charge in [0, 0.05) is 97.3 Å². The molecule has 0 saturated heterocycles. The molecular formula is CaFeMgZn. The molecule has 0 aliphatic carbocycles. The Balaban J connectivity index is 0. The standard InChI is InChI=1S/Ca.Fe.Mg.Zn. The fraction of sp³-hybridized carbons (Fsp3) is 0. The van der Waals surface area contributed by atoms with Crippen LogP contribution in [0, 0.1) is 0 Å². The van der Waals surface area contributed by atoms with Gasteiger partial charge in [0.2, 0.25) is 0 Å². The maximum Gasteiger partial charge on any atom is 0 e. The van der Waals surface area contributed by atoms with Crippen molar-refractivity contribution in [3.05, 3.63) is 0 Å². The maximum absolute atomic E-state index is 0. The normalized spacial score (nSPS) is 0. The Bertz CT molecular complexity index is 8.00. The van der Waals surface area contributed by atoms with Crippen molar-refractivity contribution >= 4 is 60.8 Å². The largest absolute Gasteiger partial charge is 0 e. The molecule has 0 aliphatic heterocycles. The molecule has 0 atom stereocenters. The van der Waals surface area contributed by atoms with Gasteiger partial charge in [0.25, 0.3) is 0 Å². The molecule has 0 fully saturated rings. The van der Waals surface area contributed by atoms with E-state index in [-0.39, 0.29) is 97.3 Å². The van der Waals surface area contributed by atoms with Crippen molar-refractivity contribution in [1.29, 1.82) is 0 Å². The smallest absolute Gasteiger partial charge is 0 e. The van der Waals surface area contributed by atoms with Crippen LogP contribution in [0.4, 0.5) is 0 Å². The van der Waals surface area contributed by atoms with E-state index in [1.807, 2.05) is 0 Å². The summed E-state index contributed by atoms with van der Waals surface area (Å²) in [5, 5.41) is 0. The molecule has 0 unspecified atom stereocenters. The summed E-state index contributed by atoms with van der Waals surface area (Å²) >= 11 is 0. The van der Waals surface area contributed by atoms with Crippen molar-refractivity contribution in [2.24, 2.45) is 0 Å². The molecule has 0 spiro atoms. The van der Waals surface area contributed by atoms with Crippen molar-refractivity contribution in [3.8, 4) is 0 Å². The summed E-state index contributed by atoms with van der Waals surface area (Å²) in [6.07, 6.45) is 0. The Labute approximate surface area is 95.2 Å². The number of rotatable bonds is 0. The summed E-state index contributed by atoms with van der Waals surface area (Å²) in [6.45, 7) is 0. The second kappa shape index (κ2) is 16.4. The molecule has 0 bridgehead atoms. The minimum Gasteiger partial charge on any atom is 0 e. The topological polar surface area (TPSA) is 0 Å². The Morgan fingerprint density at radius 3 is 1.00 bits per heavy atom. The van der Waals surface area contributed by atoms with E-state index in [9.17, 15) is 0 Å². The molecule has 0 heterocycles. The van der Waals surface area contributed by atoms with Gasteiger partial charge in [-0.2, -0.15) is 0 Å². The average Bonchev–Trinajstić information content (AvgIpc) is 0. The Morgan fingerprint density at radius 1 is 1.00 bits per heavy atom. The third-order valence-corrected chi connectivity index (χ3v) is 0. The van der Waals surface area contributed by atoms with Gasteiger partial charge in [-0.3, -0.25) is 0 Å². The maximum atomic E-state index is 0. The third-order valence-electron chi connectivity index (χ3n) is 0. The monoisotopic (exact) mass is 184 g/mol. The van der Waals surface area contributed by atoms with E-state index in [1.54, 1.807) is 0 Å². The number of hydrogen-bond donors (Lipinski definition) is 0. The van der Waals surface area contributed by atoms with Gasteiger partial charge in [0.05, 0.1) is 0 Å². The molecule has 0 aromatic carbocycles. The van der Waals surface area contributed by atoms with Gasteiger partial charge >= 0.3 is 0 Å². The molecule has 0 aliphatic rings. The van der Waals surface area contributed by atoms with E-state index < -0.39 is 0 Å². The quantitative estimate of drug-likeness (QED) is 0.435. The summed E-state index contributed by atoms with van der Waals surface area (Å²) < 4.78 is 0. The Morgan fingerprint density at radius 2 is 1.00 bits per heavy atom. The van der Waals surface area contributed by atoms with Gasteiger partial charge in [-0.25, -0.2) is 0 Å². The van der Waals surface area contributed by atoms with Gasteiger partial charge in [0.1, 0.15) is 0 Å². The molecule has 0 aromatic heterocycles. The van der Waals surface area contributed by atoms with Gasteiger partial charge < -0.3 is 0 Å². The molecule has 4 heteroatoms. The van der Waals surface area contributed by atoms with Crippen LogP contribution in [0.2, 0.25) is 0 Å². The predicted octanol–water partition coefficient (Wildman–Crippen LogP) is -0.767. The molecule has 0 nitrogen and oxygen atoms in total. The first kappa shape index (κ1) is 27.2. The summed E-state index contributed by atoms with van der Waals surface area (Å²) in [5.41, 5.74) is 0. The first-order chi connectivity index (χ1) is 0. The fourth-order valence-corrected chi connectivity index (χ4v) is 0. The molecule has 0 saturated carbocycles. The van der Waals surface area contributed by atoms with Gasteiger partial charge in [-0.1, -0.05) is 0 Å². The molecule has 0 rings (SSSR count). The van der Waals surface area contributed by atoms with Gasteiger partial charge in [0.15, 0.2) is 0 Å². The zero-order valence-electron chi connectivity index (χ0n) is 2.47. The Kier molecular flexibility index (Phi) is 111. The van der Waals surface area contributed by atoms with Crippen LogP contribution >= 0.6 is 0 Å². The summed E-state index contributed by atoms with van der Waals surface area (Å²) in [6, 6.07) is 0. The van der Waals surface area contributed by atoms with Crippen LogP contribution in [0.3, 0.4) is 0 Å². The third kappa shape index (κ3) is 8.95. The molecule has 14 valence electrons. The first-order valence-electron chi connectivity index (χ1n) is 0. The van der Waals surface area contributed by atoms with Crippen molar-refractivity contribution < 1.29 is 36.5 Å². The minimum atomic E-state index is 0. The van der Waals surface area contributed by atoms with E-state index in [0.29, 0.717) is 0 Å². The molecule has 0 aromatic rings. The zero-order chi connectivity index (χ0) is 0. The van der Waals surface area contributed by atoms with Crippen LogP contribution in [0.1, 0.15) is 0 Å². The fourth-order valence-electron chi connectivity index (χ4n) is 0. The second-order valence-corrected chi connectivity index (χ2v) is 0. The molecule has 0 amide bonds. The number of hydrogen-bond acceptors (Lipinski definition) is 0. The van der Waals surface area contributed by atoms with E-state index in [0.717, 1.165) is 0 Å². The zero-order valence-corrected chi connectivity index (χ0v) is 10.2. The SMILES string of the molecule is [Ca].[Fe].[Mg].[Zn]. The molecular weight excluding hydrogens is 186 g/mol. The second-order valence-electron chi connectivity index (χ2n) is 0. The van der Waals surface area contributed by atoms with E-state index in [1.165, 1.54) is 0 Å². The van der Waals surface area contributed by atoms with E-state index >= 15 is 0 Å². The molecule has 4 heavy (non-hydrogen) atoms. The van der Waals surface area contributed by atoms with Crippen LogP contribution < -0.4 is 0 Å². The van der Waals surface area contributed by atoms with Crippen LogP contribution in [0.5, 0.6) is 0 Å². The molecule has 0 N–H and O–H groups in total. The predicted molar refractivity (Wildman–Crippen MR) is 11.5 cm³/mol. The van der Waals surface area contributed by atoms with E-state index in [4.69, 9.17) is 0 Å². The van der Waals surface area contributed by atoms with Crippen molar-refractivity contribution in [3.63, 3.8) is 0 Å². The van der Waals surface area contributed by atoms with Crippen molar-refractivity contribution in [1.82, 2.24) is 0 Å². The average molecular weight is 186 g/mol. The summed E-state index contributed by atoms with van der Waals surface area (Å²) in [7, 11) is 0. The van der Waals surface area contributed by atoms with Gasteiger partial charge in [-0.15, -0.1) is 0 Å². The van der Waals surface area contributed by atoms with Crippen LogP contribution in [0.25, 0.3) is 0 Å². The van der Waals surface area contributed by atoms with Gasteiger partial charge in [-0.05, 0) is 0 Å². The summed E-state index contributed by atoms with van der Waals surface area (Å²) in [4.78, 5) is 0. The van der Waals surface area contributed by atoms with Crippen molar-refractivity contribution in [2.45, 2.75) is 0 Å².